The van der Waals surface area contributed by atoms with Gasteiger partial charge in [-0.15, -0.1) is 0 Å². The van der Waals surface area contributed by atoms with E-state index in [1.54, 1.807) is 6.92 Å². The summed E-state index contributed by atoms with van der Waals surface area (Å²) in [6, 6.07) is 1.20. The van der Waals surface area contributed by atoms with Gasteiger partial charge in [-0.05, 0) is 19.4 Å². The fourth-order valence-corrected chi connectivity index (χ4v) is 2.21. The van der Waals surface area contributed by atoms with Gasteiger partial charge >= 0.3 is 0 Å². The summed E-state index contributed by atoms with van der Waals surface area (Å²) in [5.74, 6) is -2.63. The molecule has 0 aliphatic heterocycles. The molecule has 7 heteroatoms. The normalized spacial score (nSPS) is 13.4. The fraction of sp³-hybridized carbons (Fsp3) is 0.455. The van der Waals surface area contributed by atoms with Gasteiger partial charge < -0.3 is 4.74 Å². The summed E-state index contributed by atoms with van der Waals surface area (Å²) in [5, 5.41) is 4.90. The first kappa shape index (κ1) is 14.8. The van der Waals surface area contributed by atoms with Crippen LogP contribution in [0.15, 0.2) is 17.0 Å². The highest BCUT2D eigenvalue weighted by atomic mass is 32.2. The molecule has 0 aliphatic rings. The molecule has 0 radical (unpaired) electrons. The van der Waals surface area contributed by atoms with Crippen LogP contribution in [0.2, 0.25) is 0 Å². The smallest absolute Gasteiger partial charge is 0.241 e. The van der Waals surface area contributed by atoms with Crippen LogP contribution in [0.4, 0.5) is 8.78 Å². The Kier molecular flexibility index (Phi) is 4.64. The predicted molar refractivity (Wildman–Crippen MR) is 62.7 cm³/mol. The summed E-state index contributed by atoms with van der Waals surface area (Å²) >= 11 is 0. The Balaban J connectivity index is 3.25. The molecule has 1 aromatic carbocycles. The van der Waals surface area contributed by atoms with Gasteiger partial charge in [0, 0.05) is 6.07 Å². The maximum absolute atomic E-state index is 13.6. The summed E-state index contributed by atoms with van der Waals surface area (Å²) in [7, 11) is -4.24. The molecular formula is C11H15F2NO3S. The van der Waals surface area contributed by atoms with Gasteiger partial charge in [0.15, 0.2) is 11.6 Å². The zero-order chi connectivity index (χ0) is 13.9. The Hall–Kier alpha value is -1.21. The summed E-state index contributed by atoms with van der Waals surface area (Å²) in [4.78, 5) is -0.678. The molecular weight excluding hydrogens is 264 g/mol. The standard InChI is InChI=1S/C11H15F2NO3S/c1-3-4-7(2)17-11-9(13)5-8(12)6-10(11)18(14,15)16/h5-7H,3-4H2,1-2H3,(H2,14,15,16). The number of sulfonamides is 1. The van der Waals surface area contributed by atoms with Crippen molar-refractivity contribution in [2.75, 3.05) is 0 Å². The second kappa shape index (κ2) is 5.62. The number of benzene rings is 1. The number of hydrogen-bond donors (Lipinski definition) is 1. The van der Waals surface area contributed by atoms with Gasteiger partial charge in [0.05, 0.1) is 6.10 Å². The van der Waals surface area contributed by atoms with E-state index in [1.807, 2.05) is 6.92 Å². The Labute approximate surface area is 105 Å². The molecule has 4 nitrogen and oxygen atoms in total. The Morgan fingerprint density at radius 2 is 2.00 bits per heavy atom. The highest BCUT2D eigenvalue weighted by Gasteiger charge is 2.22. The third kappa shape index (κ3) is 3.64. The van der Waals surface area contributed by atoms with Crippen molar-refractivity contribution in [1.82, 2.24) is 0 Å². The average Bonchev–Trinajstić information content (AvgIpc) is 2.20. The molecule has 2 N–H and O–H groups in total. The number of primary sulfonamides is 1. The second-order valence-corrected chi connectivity index (χ2v) is 5.51. The monoisotopic (exact) mass is 279 g/mol. The molecule has 18 heavy (non-hydrogen) atoms. The van der Waals surface area contributed by atoms with Crippen molar-refractivity contribution < 1.29 is 21.9 Å². The molecule has 102 valence electrons. The van der Waals surface area contributed by atoms with Crippen molar-refractivity contribution in [3.05, 3.63) is 23.8 Å². The van der Waals surface area contributed by atoms with Gasteiger partial charge in [0.25, 0.3) is 0 Å². The Morgan fingerprint density at radius 3 is 2.50 bits per heavy atom. The highest BCUT2D eigenvalue weighted by molar-refractivity contribution is 7.89. The van der Waals surface area contributed by atoms with Crippen LogP contribution in [0.5, 0.6) is 5.75 Å². The van der Waals surface area contributed by atoms with E-state index < -0.39 is 38.4 Å². The van der Waals surface area contributed by atoms with Crippen molar-refractivity contribution in [3.63, 3.8) is 0 Å². The summed E-state index contributed by atoms with van der Waals surface area (Å²) in [6.07, 6.45) is 1.01. The minimum Gasteiger partial charge on any atom is -0.486 e. The van der Waals surface area contributed by atoms with Crippen molar-refractivity contribution in [2.45, 2.75) is 37.7 Å². The molecule has 0 saturated carbocycles. The van der Waals surface area contributed by atoms with E-state index >= 15 is 0 Å². The van der Waals surface area contributed by atoms with Crippen LogP contribution >= 0.6 is 0 Å². The molecule has 0 aliphatic carbocycles. The first-order chi connectivity index (χ1) is 8.25. The van der Waals surface area contributed by atoms with E-state index in [9.17, 15) is 17.2 Å². The second-order valence-electron chi connectivity index (χ2n) is 3.98. The fourth-order valence-electron chi connectivity index (χ4n) is 1.53. The molecule has 1 unspecified atom stereocenters. The molecule has 0 bridgehead atoms. The molecule has 0 amide bonds. The lowest BCUT2D eigenvalue weighted by Crippen LogP contribution is -2.19. The van der Waals surface area contributed by atoms with Gasteiger partial charge in [-0.25, -0.2) is 22.3 Å². The molecule has 1 atom stereocenters. The Bertz CT molecular complexity index is 531. The minimum absolute atomic E-state index is 0.393. The van der Waals surface area contributed by atoms with Crippen molar-refractivity contribution in [2.24, 2.45) is 5.14 Å². The van der Waals surface area contributed by atoms with E-state index in [0.29, 0.717) is 18.6 Å². The lowest BCUT2D eigenvalue weighted by molar-refractivity contribution is 0.194. The quantitative estimate of drug-likeness (QED) is 0.898. The number of halogens is 2. The lowest BCUT2D eigenvalue weighted by Gasteiger charge is -2.16. The van der Waals surface area contributed by atoms with Crippen LogP contribution in [0.25, 0.3) is 0 Å². The molecule has 1 aromatic rings. The number of hydrogen-bond acceptors (Lipinski definition) is 3. The molecule has 1 rings (SSSR count). The third-order valence-electron chi connectivity index (χ3n) is 2.30. The van der Waals surface area contributed by atoms with Crippen LogP contribution in [-0.4, -0.2) is 14.5 Å². The maximum Gasteiger partial charge on any atom is 0.241 e. The third-order valence-corrected chi connectivity index (χ3v) is 3.21. The van der Waals surface area contributed by atoms with E-state index in [0.717, 1.165) is 6.42 Å². The van der Waals surface area contributed by atoms with Gasteiger partial charge in [0.1, 0.15) is 10.7 Å². The molecule has 0 aromatic heterocycles. The summed E-state index contributed by atoms with van der Waals surface area (Å²) in [5.41, 5.74) is 0. The largest absolute Gasteiger partial charge is 0.486 e. The van der Waals surface area contributed by atoms with Gasteiger partial charge in [-0.2, -0.15) is 0 Å². The van der Waals surface area contributed by atoms with E-state index in [2.05, 4.69) is 0 Å². The van der Waals surface area contributed by atoms with Gasteiger partial charge in [-0.3, -0.25) is 0 Å². The maximum atomic E-state index is 13.6. The minimum atomic E-state index is -4.24. The number of ether oxygens (including phenoxy) is 1. The topological polar surface area (TPSA) is 69.4 Å². The van der Waals surface area contributed by atoms with E-state index in [4.69, 9.17) is 9.88 Å². The SMILES string of the molecule is CCCC(C)Oc1c(F)cc(F)cc1S(N)(=O)=O. The predicted octanol–water partition coefficient (Wildman–Crippen LogP) is 2.18. The van der Waals surface area contributed by atoms with E-state index in [1.165, 1.54) is 0 Å². The number of nitrogens with two attached hydrogens (primary N) is 1. The van der Waals surface area contributed by atoms with Gasteiger partial charge in [0.2, 0.25) is 10.0 Å². The molecule has 0 spiro atoms. The van der Waals surface area contributed by atoms with Crippen molar-refractivity contribution in [3.8, 4) is 5.75 Å². The van der Waals surface area contributed by atoms with Crippen molar-refractivity contribution in [1.29, 1.82) is 0 Å². The Morgan fingerprint density at radius 1 is 1.39 bits per heavy atom. The number of rotatable bonds is 5. The van der Waals surface area contributed by atoms with Crippen LogP contribution < -0.4 is 9.88 Å². The molecule has 0 saturated heterocycles. The molecule has 0 heterocycles. The first-order valence-electron chi connectivity index (χ1n) is 5.44. The van der Waals surface area contributed by atoms with Crippen LogP contribution in [0, 0.1) is 11.6 Å². The molecule has 0 fully saturated rings. The van der Waals surface area contributed by atoms with Crippen LogP contribution in [0.1, 0.15) is 26.7 Å². The van der Waals surface area contributed by atoms with Gasteiger partial charge in [-0.1, -0.05) is 13.3 Å². The van der Waals surface area contributed by atoms with Crippen molar-refractivity contribution >= 4 is 10.0 Å². The van der Waals surface area contributed by atoms with E-state index in [-0.39, 0.29) is 0 Å². The van der Waals surface area contributed by atoms with Crippen LogP contribution in [0.3, 0.4) is 0 Å². The lowest BCUT2D eigenvalue weighted by atomic mass is 10.2. The first-order valence-corrected chi connectivity index (χ1v) is 6.98. The zero-order valence-electron chi connectivity index (χ0n) is 10.1. The zero-order valence-corrected chi connectivity index (χ0v) is 10.9. The highest BCUT2D eigenvalue weighted by Crippen LogP contribution is 2.29. The summed E-state index contributed by atoms with van der Waals surface area (Å²) in [6.45, 7) is 3.57. The average molecular weight is 279 g/mol. The summed E-state index contributed by atoms with van der Waals surface area (Å²) < 4.78 is 54.3. The van der Waals surface area contributed by atoms with Crippen LogP contribution in [-0.2, 0) is 10.0 Å².